The van der Waals surface area contributed by atoms with E-state index in [4.69, 9.17) is 16.3 Å². The SMILES string of the molecule is COCC[C@H](CC1(C(=O)NCCCc2ccc(Cl)cc2)CCCC1)C(=O)O.[Na]. The van der Waals surface area contributed by atoms with Crippen LogP contribution in [-0.2, 0) is 20.7 Å². The molecule has 1 radical (unpaired) electrons. The van der Waals surface area contributed by atoms with E-state index in [1.54, 1.807) is 7.11 Å². The number of aryl methyl sites for hydroxylation is 1. The topological polar surface area (TPSA) is 75.6 Å². The molecule has 28 heavy (non-hydrogen) atoms. The van der Waals surface area contributed by atoms with Crippen LogP contribution in [0.2, 0.25) is 5.02 Å². The van der Waals surface area contributed by atoms with E-state index in [1.165, 1.54) is 5.56 Å². The Kier molecular flexibility index (Phi) is 11.7. The standard InChI is InChI=1S/C21H30ClNO4.Na/c1-27-14-10-17(19(24)25)15-21(11-2-3-12-21)20(26)23-13-4-5-16-6-8-18(22)9-7-16;/h6-9,17H,2-5,10-15H2,1H3,(H,23,26)(H,24,25);/t17-;/m1./s1. The Morgan fingerprint density at radius 2 is 1.89 bits per heavy atom. The molecule has 0 heterocycles. The molecule has 0 unspecified atom stereocenters. The zero-order valence-electron chi connectivity index (χ0n) is 17.0. The van der Waals surface area contributed by atoms with Gasteiger partial charge in [-0.25, -0.2) is 0 Å². The molecule has 2 N–H and O–H groups in total. The maximum Gasteiger partial charge on any atom is 0.306 e. The number of hydrogen-bond donors (Lipinski definition) is 2. The van der Waals surface area contributed by atoms with Gasteiger partial charge < -0.3 is 15.2 Å². The zero-order valence-corrected chi connectivity index (χ0v) is 19.8. The van der Waals surface area contributed by atoms with Crippen LogP contribution in [0, 0.1) is 11.3 Å². The summed E-state index contributed by atoms with van der Waals surface area (Å²) in [7, 11) is 1.57. The molecule has 151 valence electrons. The summed E-state index contributed by atoms with van der Waals surface area (Å²) in [5.74, 6) is -1.36. The maximum atomic E-state index is 12.9. The predicted octanol–water partition coefficient (Wildman–Crippen LogP) is 3.70. The van der Waals surface area contributed by atoms with Crippen LogP contribution in [0.1, 0.15) is 50.5 Å². The summed E-state index contributed by atoms with van der Waals surface area (Å²) in [5, 5.41) is 13.3. The van der Waals surface area contributed by atoms with E-state index in [0.29, 0.717) is 26.0 Å². The fourth-order valence-electron chi connectivity index (χ4n) is 3.95. The molecule has 1 amide bonds. The van der Waals surface area contributed by atoms with Crippen LogP contribution in [0.3, 0.4) is 0 Å². The number of rotatable bonds is 11. The van der Waals surface area contributed by atoms with Crippen molar-refractivity contribution in [3.05, 3.63) is 34.9 Å². The average Bonchev–Trinajstić information content (AvgIpc) is 3.13. The van der Waals surface area contributed by atoms with E-state index < -0.39 is 17.3 Å². The Labute approximate surface area is 194 Å². The van der Waals surface area contributed by atoms with Gasteiger partial charge in [0.2, 0.25) is 5.91 Å². The molecule has 0 spiro atoms. The number of amides is 1. The molecule has 0 bridgehead atoms. The molecule has 1 aromatic carbocycles. The fraction of sp³-hybridized carbons (Fsp3) is 0.619. The van der Waals surface area contributed by atoms with E-state index in [0.717, 1.165) is 43.5 Å². The molecule has 0 aliphatic heterocycles. The molecular formula is C21H30ClNNaO4. The second-order valence-corrected chi connectivity index (χ2v) is 7.93. The van der Waals surface area contributed by atoms with E-state index >= 15 is 0 Å². The van der Waals surface area contributed by atoms with Gasteiger partial charge in [0.15, 0.2) is 0 Å². The molecule has 1 aliphatic rings. The molecule has 0 saturated heterocycles. The van der Waals surface area contributed by atoms with Crippen molar-refractivity contribution in [1.29, 1.82) is 0 Å². The van der Waals surface area contributed by atoms with Crippen molar-refractivity contribution in [2.75, 3.05) is 20.3 Å². The molecule has 1 fully saturated rings. The van der Waals surface area contributed by atoms with Gasteiger partial charge in [-0.2, -0.15) is 0 Å². The van der Waals surface area contributed by atoms with Gasteiger partial charge in [-0.3, -0.25) is 9.59 Å². The van der Waals surface area contributed by atoms with Crippen molar-refractivity contribution in [2.24, 2.45) is 11.3 Å². The van der Waals surface area contributed by atoms with Gasteiger partial charge in [-0.1, -0.05) is 36.6 Å². The van der Waals surface area contributed by atoms with Crippen LogP contribution in [0.25, 0.3) is 0 Å². The minimum Gasteiger partial charge on any atom is -0.481 e. The number of hydrogen-bond acceptors (Lipinski definition) is 3. The third kappa shape index (κ3) is 7.68. The number of methoxy groups -OCH3 is 1. The molecule has 5 nitrogen and oxygen atoms in total. The number of carboxylic acid groups (broad SMARTS) is 1. The summed E-state index contributed by atoms with van der Waals surface area (Å²) in [5.41, 5.74) is 0.645. The largest absolute Gasteiger partial charge is 0.481 e. The second-order valence-electron chi connectivity index (χ2n) is 7.49. The number of halogens is 1. The summed E-state index contributed by atoms with van der Waals surface area (Å²) in [6.45, 7) is 0.995. The normalized spacial score (nSPS) is 16.2. The second kappa shape index (κ2) is 12.9. The van der Waals surface area contributed by atoms with Crippen LogP contribution in [0.4, 0.5) is 0 Å². The van der Waals surface area contributed by atoms with Crippen LogP contribution >= 0.6 is 11.6 Å². The number of carbonyl (C=O) groups is 2. The molecule has 7 heteroatoms. The van der Waals surface area contributed by atoms with E-state index in [-0.39, 0.29) is 35.5 Å². The van der Waals surface area contributed by atoms with E-state index in [2.05, 4.69) is 5.32 Å². The van der Waals surface area contributed by atoms with Gasteiger partial charge in [0, 0.05) is 60.3 Å². The van der Waals surface area contributed by atoms with Gasteiger partial charge in [0.1, 0.15) is 0 Å². The summed E-state index contributed by atoms with van der Waals surface area (Å²) < 4.78 is 5.04. The fourth-order valence-corrected chi connectivity index (χ4v) is 4.08. The van der Waals surface area contributed by atoms with Crippen molar-refractivity contribution in [2.45, 2.75) is 51.4 Å². The summed E-state index contributed by atoms with van der Waals surface area (Å²) in [6, 6.07) is 7.73. The smallest absolute Gasteiger partial charge is 0.306 e. The van der Waals surface area contributed by atoms with Gasteiger partial charge in [-0.05, 0) is 56.2 Å². The van der Waals surface area contributed by atoms with Crippen LogP contribution in [0.5, 0.6) is 0 Å². The quantitative estimate of drug-likeness (QED) is 0.424. The minimum atomic E-state index is -0.839. The van der Waals surface area contributed by atoms with Crippen molar-refractivity contribution >= 4 is 53.0 Å². The van der Waals surface area contributed by atoms with Crippen molar-refractivity contribution < 1.29 is 19.4 Å². The molecule has 1 atom stereocenters. The number of benzene rings is 1. The van der Waals surface area contributed by atoms with Gasteiger partial charge in [-0.15, -0.1) is 0 Å². The van der Waals surface area contributed by atoms with Gasteiger partial charge in [0.25, 0.3) is 0 Å². The van der Waals surface area contributed by atoms with E-state index in [1.807, 2.05) is 24.3 Å². The van der Waals surface area contributed by atoms with Gasteiger partial charge >= 0.3 is 5.97 Å². The third-order valence-corrected chi connectivity index (χ3v) is 5.79. The number of ether oxygens (including phenoxy) is 1. The maximum absolute atomic E-state index is 12.9. The number of carbonyl (C=O) groups excluding carboxylic acids is 1. The van der Waals surface area contributed by atoms with Crippen molar-refractivity contribution in [3.8, 4) is 0 Å². The molecule has 2 rings (SSSR count). The summed E-state index contributed by atoms with van der Waals surface area (Å²) in [4.78, 5) is 24.5. The van der Waals surface area contributed by atoms with Crippen molar-refractivity contribution in [3.63, 3.8) is 0 Å². The Balaban J connectivity index is 0.00000392. The van der Waals surface area contributed by atoms with Crippen LogP contribution in [-0.4, -0.2) is 66.8 Å². The first-order chi connectivity index (χ1) is 13.0. The van der Waals surface area contributed by atoms with Crippen LogP contribution < -0.4 is 5.32 Å². The predicted molar refractivity (Wildman–Crippen MR) is 112 cm³/mol. The number of nitrogens with one attached hydrogen (secondary N) is 1. The number of carboxylic acids is 1. The molecule has 0 aromatic heterocycles. The molecule has 1 aliphatic carbocycles. The Hall–Kier alpha value is -0.590. The first-order valence-corrected chi connectivity index (χ1v) is 10.1. The first kappa shape index (κ1) is 25.4. The zero-order chi connectivity index (χ0) is 19.7. The minimum absolute atomic E-state index is 0. The Morgan fingerprint density at radius 3 is 2.46 bits per heavy atom. The molecular weight excluding hydrogens is 389 g/mol. The first-order valence-electron chi connectivity index (χ1n) is 9.71. The number of aliphatic carboxylic acids is 1. The van der Waals surface area contributed by atoms with Crippen molar-refractivity contribution in [1.82, 2.24) is 5.32 Å². The summed E-state index contributed by atoms with van der Waals surface area (Å²) in [6.07, 6.45) is 6.06. The third-order valence-electron chi connectivity index (χ3n) is 5.54. The summed E-state index contributed by atoms with van der Waals surface area (Å²) >= 11 is 5.89. The Bertz CT molecular complexity index is 617. The molecule has 1 saturated carbocycles. The monoisotopic (exact) mass is 418 g/mol. The Morgan fingerprint density at radius 1 is 1.25 bits per heavy atom. The van der Waals surface area contributed by atoms with Gasteiger partial charge in [0.05, 0.1) is 5.92 Å². The molecule has 1 aromatic rings. The van der Waals surface area contributed by atoms with Crippen LogP contribution in [0.15, 0.2) is 24.3 Å². The van der Waals surface area contributed by atoms with E-state index in [9.17, 15) is 14.7 Å². The average molecular weight is 419 g/mol.